The first-order valence-corrected chi connectivity index (χ1v) is 45.5. The van der Waals surface area contributed by atoms with Gasteiger partial charge in [-0.05, 0) is 229 Å². The van der Waals surface area contributed by atoms with E-state index >= 15 is 0 Å². The Kier molecular flexibility index (Phi) is 41.4. The molecule has 24 heteroatoms. The molecule has 8 heterocycles. The number of nitrogens with zero attached hydrogens (tertiary/aromatic N) is 7. The summed E-state index contributed by atoms with van der Waals surface area (Å²) in [5.74, 6) is 5.62. The van der Waals surface area contributed by atoms with Gasteiger partial charge in [-0.2, -0.15) is 0 Å². The highest BCUT2D eigenvalue weighted by atomic mass is 16.5. The molecule has 0 saturated carbocycles. The minimum absolute atomic E-state index is 0.366. The molecule has 2 unspecified atom stereocenters. The van der Waals surface area contributed by atoms with Crippen LogP contribution in [0.4, 0.5) is 56.9 Å². The molecule has 10 N–H and O–H groups in total. The van der Waals surface area contributed by atoms with Crippen LogP contribution in [0.3, 0.4) is 0 Å². The zero-order valence-corrected chi connectivity index (χ0v) is 79.4. The first kappa shape index (κ1) is 100. The molecule has 6 aromatic heterocycles. The fraction of sp³-hybridized carbons (Fsp3) is 0.377. The monoisotopic (exact) mass is 1760 g/mol. The molecule has 0 spiro atoms. The van der Waals surface area contributed by atoms with Gasteiger partial charge in [0.15, 0.2) is 0 Å². The van der Waals surface area contributed by atoms with Crippen molar-refractivity contribution >= 4 is 56.9 Å². The van der Waals surface area contributed by atoms with E-state index in [9.17, 15) is 0 Å². The van der Waals surface area contributed by atoms with Gasteiger partial charge < -0.3 is 91.2 Å². The van der Waals surface area contributed by atoms with Crippen LogP contribution in [0.5, 0.6) is 29.4 Å². The number of pyridine rings is 6. The second-order valence-corrected chi connectivity index (χ2v) is 34.2. The van der Waals surface area contributed by atoms with Crippen molar-refractivity contribution in [1.82, 2.24) is 61.4 Å². The lowest BCUT2D eigenvalue weighted by Crippen LogP contribution is -2.47. The Morgan fingerprint density at radius 2 is 0.692 bits per heavy atom. The van der Waals surface area contributed by atoms with Crippen LogP contribution in [0, 0.1) is 5.92 Å². The molecular formula is C106H139N17O7. The van der Waals surface area contributed by atoms with Gasteiger partial charge >= 0.3 is 0 Å². The third-order valence-electron chi connectivity index (χ3n) is 21.6. The van der Waals surface area contributed by atoms with Crippen molar-refractivity contribution in [3.8, 4) is 29.4 Å². The van der Waals surface area contributed by atoms with Gasteiger partial charge in [-0.1, -0.05) is 166 Å². The first-order valence-electron chi connectivity index (χ1n) is 45.5. The lowest BCUT2D eigenvalue weighted by molar-refractivity contribution is 0.0547. The van der Waals surface area contributed by atoms with Crippen LogP contribution in [0.2, 0.25) is 0 Å². The van der Waals surface area contributed by atoms with Gasteiger partial charge in [0.1, 0.15) is 28.4 Å². The van der Waals surface area contributed by atoms with E-state index in [0.717, 1.165) is 183 Å². The van der Waals surface area contributed by atoms with E-state index in [0.29, 0.717) is 70.9 Å². The average molecular weight is 1760 g/mol. The van der Waals surface area contributed by atoms with Gasteiger partial charge in [-0.25, -0.2) is 24.9 Å². The minimum atomic E-state index is 0.366. The van der Waals surface area contributed by atoms with Crippen LogP contribution in [0.1, 0.15) is 179 Å². The Balaban J connectivity index is 0.000000169. The molecule has 2 atom stereocenters. The summed E-state index contributed by atoms with van der Waals surface area (Å²) in [7, 11) is 12.4. The lowest BCUT2D eigenvalue weighted by atomic mass is 10.0. The fourth-order valence-corrected chi connectivity index (χ4v) is 14.2. The van der Waals surface area contributed by atoms with Crippen molar-refractivity contribution in [1.29, 1.82) is 0 Å². The quantitative estimate of drug-likeness (QED) is 0.0172. The predicted molar refractivity (Wildman–Crippen MR) is 532 cm³/mol. The predicted octanol–water partition coefficient (Wildman–Crippen LogP) is 21.4. The van der Waals surface area contributed by atoms with E-state index < -0.39 is 0 Å². The van der Waals surface area contributed by atoms with E-state index in [1.807, 2.05) is 91.1 Å². The molecule has 2 fully saturated rings. The minimum Gasteiger partial charge on any atom is -0.480 e. The summed E-state index contributed by atoms with van der Waals surface area (Å²) in [5.41, 5.74) is 23.2. The maximum atomic E-state index is 5.53. The van der Waals surface area contributed by atoms with Crippen LogP contribution >= 0.6 is 0 Å². The van der Waals surface area contributed by atoms with Gasteiger partial charge in [0.25, 0.3) is 0 Å². The van der Waals surface area contributed by atoms with Gasteiger partial charge in [0.2, 0.25) is 29.4 Å². The molecule has 0 radical (unpaired) electrons. The highest BCUT2D eigenvalue weighted by Gasteiger charge is 2.19. The van der Waals surface area contributed by atoms with Crippen molar-refractivity contribution in [2.24, 2.45) is 5.92 Å². The van der Waals surface area contributed by atoms with Crippen LogP contribution < -0.4 is 76.9 Å². The van der Waals surface area contributed by atoms with E-state index in [-0.39, 0.29) is 0 Å². The van der Waals surface area contributed by atoms with E-state index in [2.05, 4.69) is 317 Å². The Hall–Kier alpha value is -12.1. The summed E-state index contributed by atoms with van der Waals surface area (Å²) >= 11 is 0. The molecule has 690 valence electrons. The summed E-state index contributed by atoms with van der Waals surface area (Å²) in [4.78, 5) is 29.3. The number of hydrogen-bond donors (Lipinski definition) is 10. The molecule has 2 saturated heterocycles. The summed E-state index contributed by atoms with van der Waals surface area (Å²) in [5, 5.41) is 34.3. The van der Waals surface area contributed by atoms with Crippen molar-refractivity contribution < 1.29 is 33.2 Å². The highest BCUT2D eigenvalue weighted by molar-refractivity contribution is 5.69. The number of benzene rings is 6. The first-order chi connectivity index (χ1) is 63.1. The molecular weight excluding hydrogens is 1620 g/mol. The lowest BCUT2D eigenvalue weighted by Gasteiger charge is -2.24. The zero-order chi connectivity index (χ0) is 92.4. The highest BCUT2D eigenvalue weighted by Crippen LogP contribution is 2.35. The molecule has 6 aromatic carbocycles. The molecule has 130 heavy (non-hydrogen) atoms. The molecule has 2 aliphatic rings. The molecule has 12 aromatic rings. The maximum absolute atomic E-state index is 5.53. The summed E-state index contributed by atoms with van der Waals surface area (Å²) in [6.07, 6.45) is 4.26. The number of nitrogens with one attached hydrogen (secondary N) is 10. The topological polar surface area (TPSA) is 265 Å². The second-order valence-electron chi connectivity index (χ2n) is 34.2. The molecule has 2 aliphatic heterocycles. The van der Waals surface area contributed by atoms with Gasteiger partial charge in [-0.15, -0.1) is 0 Å². The second kappa shape index (κ2) is 53.8. The molecule has 0 amide bonds. The van der Waals surface area contributed by atoms with Crippen LogP contribution in [0.25, 0.3) is 0 Å². The molecule has 14 rings (SSSR count). The average Bonchev–Trinajstić information content (AvgIpc) is 0.853. The number of morpholine rings is 1. The largest absolute Gasteiger partial charge is 0.480 e. The van der Waals surface area contributed by atoms with E-state index in [4.69, 9.17) is 33.2 Å². The van der Waals surface area contributed by atoms with Gasteiger partial charge in [0.05, 0.1) is 61.1 Å². The maximum Gasteiger partial charge on any atom is 0.237 e. The SMILES string of the molecule is COc1nc(C(C)C)ccc1Nc1ccc(CNCC2CCCOC2)cc1.COc1nc(C(C)C)ccc1Nc1ccc(CNCC2COCCN2)cc1.COc1nc(C(C)C)ccc1Nc1ccc(CNCc2ccccc2)cc1.COc1nc(C(C)C)ccc1Nc1ccc(CNCc2ccccn2)cc1.COc1nc(C(C)C)ccc1Nc1cccc(CN(C)C)c1. The Bertz CT molecular complexity index is 4980. The van der Waals surface area contributed by atoms with Gasteiger partial charge in [0, 0.05) is 141 Å². The number of methoxy groups -OCH3 is 5. The molecule has 0 bridgehead atoms. The fourth-order valence-electron chi connectivity index (χ4n) is 14.2. The number of anilines is 10. The Morgan fingerprint density at radius 3 is 1.03 bits per heavy atom. The Labute approximate surface area is 772 Å². The van der Waals surface area contributed by atoms with Crippen LogP contribution in [0.15, 0.2) is 237 Å². The Morgan fingerprint density at radius 1 is 0.346 bits per heavy atom. The van der Waals surface area contributed by atoms with Gasteiger partial charge in [-0.3, -0.25) is 4.98 Å². The molecule has 0 aliphatic carbocycles. The van der Waals surface area contributed by atoms with Crippen LogP contribution in [-0.4, -0.2) is 137 Å². The number of rotatable bonds is 38. The van der Waals surface area contributed by atoms with E-state index in [1.54, 1.807) is 35.5 Å². The molecule has 24 nitrogen and oxygen atoms in total. The summed E-state index contributed by atoms with van der Waals surface area (Å²) in [6, 6.07) is 79.1. The number of hydrogen-bond acceptors (Lipinski definition) is 24. The number of ether oxygens (including phenoxy) is 7. The van der Waals surface area contributed by atoms with Crippen molar-refractivity contribution in [2.45, 2.75) is 164 Å². The van der Waals surface area contributed by atoms with Crippen LogP contribution in [-0.2, 0) is 55.3 Å². The van der Waals surface area contributed by atoms with Crippen molar-refractivity contribution in [2.75, 3.05) is 122 Å². The summed E-state index contributed by atoms with van der Waals surface area (Å²) < 4.78 is 38.2. The zero-order valence-electron chi connectivity index (χ0n) is 79.4. The third kappa shape index (κ3) is 33.8. The van der Waals surface area contributed by atoms with E-state index in [1.165, 1.54) is 46.2 Å². The smallest absolute Gasteiger partial charge is 0.237 e. The third-order valence-corrected chi connectivity index (χ3v) is 21.6. The standard InChI is InChI=1S/C23H27N3O.C22H26N4O.C22H31N3O2.C21H30N4O2.C18H25N3O/c1-17(2)21-13-14-22(23(26-21)27-3)25-20-11-9-19(10-12-20)16-24-15-18-7-5-4-6-8-18;1-16(2)20-11-12-21(22(26-20)27-3)25-18-9-7-17(8-10-18)14-23-15-19-6-4-5-13-24-19;1-16(2)20-10-11-21(22(25-20)26-3)24-19-8-6-17(7-9-19)13-23-14-18-5-4-12-27-15-18;1-15(2)19-8-9-20(21(25-19)26-3)24-17-6-4-16(5-7-17)12-22-13-18-14-27-11-10-23-18;1-13(2)16-9-10-17(18(20-16)22-5)19-15-8-6-7-14(11-15)12-21(3)4/h4-14,17,24-25H,15-16H2,1-3H3;4-13,16,23,25H,14-15H2,1-3H3;6-11,16,18,23-24H,4-5,12-15H2,1-3H3;4-9,15,18,22-24H,10-14H2,1-3H3;6-11,13,19H,12H2,1-5H3. The number of aromatic nitrogens is 6. The normalized spacial score (nSPS) is 13.5. The van der Waals surface area contributed by atoms with Crippen molar-refractivity contribution in [3.63, 3.8) is 0 Å². The summed E-state index contributed by atoms with van der Waals surface area (Å²) in [6.45, 7) is 33.4. The van der Waals surface area contributed by atoms with Crippen molar-refractivity contribution in [3.05, 3.63) is 304 Å².